The van der Waals surface area contributed by atoms with Gasteiger partial charge in [0.2, 0.25) is 0 Å². The molecule has 82 valence electrons. The van der Waals surface area contributed by atoms with E-state index in [9.17, 15) is 4.79 Å². The van der Waals surface area contributed by atoms with Gasteiger partial charge in [0.1, 0.15) is 5.69 Å². The fourth-order valence-corrected chi connectivity index (χ4v) is 2.12. The van der Waals surface area contributed by atoms with E-state index in [0.29, 0.717) is 11.7 Å². The lowest BCUT2D eigenvalue weighted by Gasteiger charge is -2.25. The zero-order valence-electron chi connectivity index (χ0n) is 9.31. The molecular weight excluding hydrogens is 190 g/mol. The molecule has 4 nitrogen and oxygen atoms in total. The lowest BCUT2D eigenvalue weighted by atomic mass is 9.87. The van der Waals surface area contributed by atoms with Crippen LogP contribution in [0.5, 0.6) is 0 Å². The minimum absolute atomic E-state index is 0.00886. The molecule has 1 aromatic heterocycles. The Morgan fingerprint density at radius 1 is 1.40 bits per heavy atom. The predicted octanol–water partition coefficient (Wildman–Crippen LogP) is 2.23. The summed E-state index contributed by atoms with van der Waals surface area (Å²) in [5.74, 6) is 0.822. The van der Waals surface area contributed by atoms with Crippen molar-refractivity contribution >= 4 is 5.78 Å². The van der Waals surface area contributed by atoms with Gasteiger partial charge in [-0.15, -0.1) is 5.10 Å². The van der Waals surface area contributed by atoms with E-state index < -0.39 is 0 Å². The normalized spacial score (nSPS) is 26.5. The third kappa shape index (κ3) is 2.25. The smallest absolute Gasteiger partial charge is 0.181 e. The molecule has 0 radical (unpaired) electrons. The van der Waals surface area contributed by atoms with Crippen LogP contribution in [-0.4, -0.2) is 20.8 Å². The van der Waals surface area contributed by atoms with Crippen LogP contribution in [0.25, 0.3) is 0 Å². The maximum atomic E-state index is 11.1. The topological polar surface area (TPSA) is 47.8 Å². The number of carbonyl (C=O) groups excluding carboxylic acids is 1. The Morgan fingerprint density at radius 2 is 2.07 bits per heavy atom. The van der Waals surface area contributed by atoms with E-state index >= 15 is 0 Å². The van der Waals surface area contributed by atoms with Gasteiger partial charge in [0.15, 0.2) is 5.78 Å². The van der Waals surface area contributed by atoms with Crippen LogP contribution >= 0.6 is 0 Å². The molecule has 1 heterocycles. The molecule has 0 N–H and O–H groups in total. The minimum atomic E-state index is -0.00886. The van der Waals surface area contributed by atoms with Gasteiger partial charge in [0.25, 0.3) is 0 Å². The number of hydrogen-bond donors (Lipinski definition) is 0. The summed E-state index contributed by atoms with van der Waals surface area (Å²) in [5, 5.41) is 7.91. The van der Waals surface area contributed by atoms with Gasteiger partial charge in [-0.05, 0) is 31.6 Å². The van der Waals surface area contributed by atoms with Gasteiger partial charge >= 0.3 is 0 Å². The van der Waals surface area contributed by atoms with Gasteiger partial charge in [-0.3, -0.25) is 4.79 Å². The average Bonchev–Trinajstić information content (AvgIpc) is 2.68. The van der Waals surface area contributed by atoms with Crippen molar-refractivity contribution in [3.8, 4) is 0 Å². The Morgan fingerprint density at radius 3 is 2.60 bits per heavy atom. The molecule has 15 heavy (non-hydrogen) atoms. The fraction of sp³-hybridized carbons (Fsp3) is 0.727. The van der Waals surface area contributed by atoms with E-state index in [1.54, 1.807) is 6.20 Å². The largest absolute Gasteiger partial charge is 0.293 e. The first-order valence-electron chi connectivity index (χ1n) is 5.59. The van der Waals surface area contributed by atoms with Crippen molar-refractivity contribution in [1.82, 2.24) is 15.0 Å². The third-order valence-electron chi connectivity index (χ3n) is 3.23. The number of nitrogens with zero attached hydrogens (tertiary/aromatic N) is 3. The van der Waals surface area contributed by atoms with E-state index in [0.717, 1.165) is 18.8 Å². The molecular formula is C11H17N3O. The highest BCUT2D eigenvalue weighted by Gasteiger charge is 2.21. The van der Waals surface area contributed by atoms with Crippen LogP contribution in [-0.2, 0) is 0 Å². The molecule has 0 saturated heterocycles. The predicted molar refractivity (Wildman–Crippen MR) is 56.7 cm³/mol. The van der Waals surface area contributed by atoms with Gasteiger partial charge in [-0.1, -0.05) is 12.1 Å². The highest BCUT2D eigenvalue weighted by atomic mass is 16.1. The third-order valence-corrected chi connectivity index (χ3v) is 3.23. The Hall–Kier alpha value is -1.19. The average molecular weight is 207 g/mol. The lowest BCUT2D eigenvalue weighted by Crippen LogP contribution is -2.17. The zero-order valence-corrected chi connectivity index (χ0v) is 9.31. The first-order chi connectivity index (χ1) is 7.16. The monoisotopic (exact) mass is 207 g/mol. The first-order valence-corrected chi connectivity index (χ1v) is 5.59. The van der Waals surface area contributed by atoms with Crippen LogP contribution in [0.4, 0.5) is 0 Å². The SMILES string of the molecule is CC(=O)c1cn(C2CCC(C)CC2)nn1. The molecule has 0 unspecified atom stereocenters. The molecule has 1 saturated carbocycles. The van der Waals surface area contributed by atoms with E-state index in [4.69, 9.17) is 0 Å². The maximum Gasteiger partial charge on any atom is 0.181 e. The second-order valence-corrected chi connectivity index (χ2v) is 4.55. The Labute approximate surface area is 89.7 Å². The van der Waals surface area contributed by atoms with Crippen molar-refractivity contribution in [2.24, 2.45) is 5.92 Å². The summed E-state index contributed by atoms with van der Waals surface area (Å²) >= 11 is 0. The summed E-state index contributed by atoms with van der Waals surface area (Å²) in [4.78, 5) is 11.1. The van der Waals surface area contributed by atoms with Crippen molar-refractivity contribution < 1.29 is 4.79 Å². The van der Waals surface area contributed by atoms with Crippen molar-refractivity contribution in [2.75, 3.05) is 0 Å². The van der Waals surface area contributed by atoms with Crippen LogP contribution in [0.1, 0.15) is 56.1 Å². The molecule has 0 amide bonds. The minimum Gasteiger partial charge on any atom is -0.293 e. The van der Waals surface area contributed by atoms with Gasteiger partial charge in [0, 0.05) is 6.92 Å². The van der Waals surface area contributed by atoms with Crippen molar-refractivity contribution in [1.29, 1.82) is 0 Å². The fourth-order valence-electron chi connectivity index (χ4n) is 2.12. The van der Waals surface area contributed by atoms with Crippen molar-refractivity contribution in [3.63, 3.8) is 0 Å². The van der Waals surface area contributed by atoms with E-state index in [1.165, 1.54) is 19.8 Å². The molecule has 0 atom stereocenters. The van der Waals surface area contributed by atoms with Crippen molar-refractivity contribution in [2.45, 2.75) is 45.6 Å². The molecule has 2 rings (SSSR count). The molecule has 1 fully saturated rings. The Bertz CT molecular complexity index is 350. The maximum absolute atomic E-state index is 11.1. The van der Waals surface area contributed by atoms with Gasteiger partial charge < -0.3 is 0 Å². The number of carbonyl (C=O) groups is 1. The molecule has 0 bridgehead atoms. The number of hydrogen-bond acceptors (Lipinski definition) is 3. The van der Waals surface area contributed by atoms with E-state index in [1.807, 2.05) is 4.68 Å². The lowest BCUT2D eigenvalue weighted by molar-refractivity contribution is 0.101. The summed E-state index contributed by atoms with van der Waals surface area (Å²) in [6, 6.07) is 0.446. The zero-order chi connectivity index (χ0) is 10.8. The summed E-state index contributed by atoms with van der Waals surface area (Å²) in [5.41, 5.74) is 0.480. The molecule has 1 aromatic rings. The number of rotatable bonds is 2. The molecule has 1 aliphatic rings. The number of Topliss-reactive ketones (excluding diaryl/α,β-unsaturated/α-hetero) is 1. The van der Waals surface area contributed by atoms with Crippen LogP contribution in [0.15, 0.2) is 6.20 Å². The van der Waals surface area contributed by atoms with E-state index in [-0.39, 0.29) is 5.78 Å². The molecule has 0 aromatic carbocycles. The van der Waals surface area contributed by atoms with Gasteiger partial charge in [0.05, 0.1) is 12.2 Å². The summed E-state index contributed by atoms with van der Waals surface area (Å²) in [6.07, 6.45) is 6.59. The summed E-state index contributed by atoms with van der Waals surface area (Å²) in [7, 11) is 0. The molecule has 0 spiro atoms. The summed E-state index contributed by atoms with van der Waals surface area (Å²) in [6.45, 7) is 3.82. The number of ketones is 1. The van der Waals surface area contributed by atoms with Gasteiger partial charge in [-0.25, -0.2) is 4.68 Å². The second kappa shape index (κ2) is 4.13. The second-order valence-electron chi connectivity index (χ2n) is 4.55. The van der Waals surface area contributed by atoms with Crippen molar-refractivity contribution in [3.05, 3.63) is 11.9 Å². The van der Waals surface area contributed by atoms with E-state index in [2.05, 4.69) is 17.2 Å². The standard InChI is InChI=1S/C11H17N3O/c1-8-3-5-10(6-4-8)14-7-11(9(2)15)12-13-14/h7-8,10H,3-6H2,1-2H3. The van der Waals surface area contributed by atoms with Crippen LogP contribution in [0.3, 0.4) is 0 Å². The van der Waals surface area contributed by atoms with Gasteiger partial charge in [-0.2, -0.15) is 0 Å². The Balaban J connectivity index is 2.06. The van der Waals surface area contributed by atoms with Crippen LogP contribution in [0, 0.1) is 5.92 Å². The Kier molecular flexibility index (Phi) is 2.84. The highest BCUT2D eigenvalue weighted by Crippen LogP contribution is 2.31. The molecule has 1 aliphatic carbocycles. The van der Waals surface area contributed by atoms with Crippen LogP contribution < -0.4 is 0 Å². The molecule has 4 heteroatoms. The van der Waals surface area contributed by atoms with Crippen LogP contribution in [0.2, 0.25) is 0 Å². The number of aromatic nitrogens is 3. The highest BCUT2D eigenvalue weighted by molar-refractivity contribution is 5.91. The quantitative estimate of drug-likeness (QED) is 0.699. The molecule has 0 aliphatic heterocycles. The summed E-state index contributed by atoms with van der Waals surface area (Å²) < 4.78 is 1.86. The first kappa shape index (κ1) is 10.3.